The van der Waals surface area contributed by atoms with Gasteiger partial charge in [-0.05, 0) is 44.0 Å². The standard InChI is InChI=1S/C15H21Cl2NO3/c1-18(8-14(20)10-2-3-10)7-12(19)9-21-15-5-4-11(16)6-13(15)17/h4-6,10,12,14,19-20H,2-3,7-9H2,1H3. The Bertz CT molecular complexity index is 468. The van der Waals surface area contributed by atoms with Crippen molar-refractivity contribution in [2.75, 3.05) is 26.7 Å². The zero-order valence-corrected chi connectivity index (χ0v) is 13.5. The molecule has 2 N–H and O–H groups in total. The summed E-state index contributed by atoms with van der Waals surface area (Å²) >= 11 is 11.8. The normalized spacial score (nSPS) is 17.8. The summed E-state index contributed by atoms with van der Waals surface area (Å²) in [6.45, 7) is 1.16. The Hall–Kier alpha value is -0.520. The molecule has 0 saturated heterocycles. The third-order valence-corrected chi connectivity index (χ3v) is 4.04. The zero-order valence-electron chi connectivity index (χ0n) is 12.0. The number of ether oxygens (including phenoxy) is 1. The van der Waals surface area contributed by atoms with E-state index in [2.05, 4.69) is 0 Å². The van der Waals surface area contributed by atoms with Crippen molar-refractivity contribution in [2.24, 2.45) is 5.92 Å². The predicted molar refractivity (Wildman–Crippen MR) is 84.2 cm³/mol. The van der Waals surface area contributed by atoms with Crippen LogP contribution in [0.1, 0.15) is 12.8 Å². The van der Waals surface area contributed by atoms with Crippen LogP contribution in [0.15, 0.2) is 18.2 Å². The minimum absolute atomic E-state index is 0.144. The Balaban J connectivity index is 1.72. The van der Waals surface area contributed by atoms with Gasteiger partial charge in [-0.3, -0.25) is 0 Å². The van der Waals surface area contributed by atoms with Gasteiger partial charge in [-0.1, -0.05) is 23.2 Å². The molecule has 2 atom stereocenters. The van der Waals surface area contributed by atoms with E-state index < -0.39 is 6.10 Å². The van der Waals surface area contributed by atoms with Crippen LogP contribution >= 0.6 is 23.2 Å². The minimum atomic E-state index is -0.645. The van der Waals surface area contributed by atoms with Crippen molar-refractivity contribution in [3.8, 4) is 5.75 Å². The molecule has 0 heterocycles. The van der Waals surface area contributed by atoms with Crippen molar-refractivity contribution in [1.29, 1.82) is 0 Å². The van der Waals surface area contributed by atoms with Crippen LogP contribution in [-0.2, 0) is 0 Å². The van der Waals surface area contributed by atoms with Crippen molar-refractivity contribution < 1.29 is 14.9 Å². The van der Waals surface area contributed by atoms with Crippen molar-refractivity contribution in [3.05, 3.63) is 28.2 Å². The van der Waals surface area contributed by atoms with Crippen LogP contribution < -0.4 is 4.74 Å². The fourth-order valence-corrected chi connectivity index (χ4v) is 2.68. The second-order valence-corrected chi connectivity index (χ2v) is 6.51. The number of aliphatic hydroxyl groups excluding tert-OH is 2. The summed E-state index contributed by atoms with van der Waals surface area (Å²) in [6, 6.07) is 4.97. The van der Waals surface area contributed by atoms with E-state index in [9.17, 15) is 10.2 Å². The van der Waals surface area contributed by atoms with Crippen LogP contribution in [0.2, 0.25) is 10.0 Å². The maximum absolute atomic E-state index is 9.98. The second kappa shape index (κ2) is 7.65. The van der Waals surface area contributed by atoms with E-state index in [1.165, 1.54) is 0 Å². The fourth-order valence-electron chi connectivity index (χ4n) is 2.21. The van der Waals surface area contributed by atoms with Gasteiger partial charge in [0.15, 0.2) is 0 Å². The van der Waals surface area contributed by atoms with Gasteiger partial charge < -0.3 is 19.8 Å². The molecular formula is C15H21Cl2NO3. The SMILES string of the molecule is CN(CC(O)COc1ccc(Cl)cc1Cl)CC(O)C1CC1. The van der Waals surface area contributed by atoms with Crippen molar-refractivity contribution in [2.45, 2.75) is 25.0 Å². The lowest BCUT2D eigenvalue weighted by Gasteiger charge is -2.23. The van der Waals surface area contributed by atoms with Gasteiger partial charge in [0, 0.05) is 18.1 Å². The number of aliphatic hydroxyl groups is 2. The molecule has 1 aromatic carbocycles. The van der Waals surface area contributed by atoms with E-state index in [0.717, 1.165) is 12.8 Å². The highest BCUT2D eigenvalue weighted by Gasteiger charge is 2.30. The molecule has 2 rings (SSSR count). The van der Waals surface area contributed by atoms with Crippen LogP contribution in [-0.4, -0.2) is 54.1 Å². The van der Waals surface area contributed by atoms with Gasteiger partial charge in [-0.15, -0.1) is 0 Å². The third-order valence-electron chi connectivity index (χ3n) is 3.51. The molecule has 1 fully saturated rings. The largest absolute Gasteiger partial charge is 0.489 e. The van der Waals surface area contributed by atoms with Crippen molar-refractivity contribution in [1.82, 2.24) is 4.90 Å². The van der Waals surface area contributed by atoms with Crippen LogP contribution in [0.3, 0.4) is 0 Å². The lowest BCUT2D eigenvalue weighted by atomic mass is 10.2. The lowest BCUT2D eigenvalue weighted by molar-refractivity contribution is 0.0509. The van der Waals surface area contributed by atoms with E-state index >= 15 is 0 Å². The van der Waals surface area contributed by atoms with Gasteiger partial charge in [-0.25, -0.2) is 0 Å². The summed E-state index contributed by atoms with van der Waals surface area (Å²) in [5.74, 6) is 0.939. The molecule has 1 aliphatic carbocycles. The molecule has 0 radical (unpaired) electrons. The van der Waals surface area contributed by atoms with E-state index in [1.807, 2.05) is 11.9 Å². The monoisotopic (exact) mass is 333 g/mol. The van der Waals surface area contributed by atoms with Crippen molar-refractivity contribution in [3.63, 3.8) is 0 Å². The number of benzene rings is 1. The summed E-state index contributed by atoms with van der Waals surface area (Å²) in [7, 11) is 1.88. The number of rotatable bonds is 8. The summed E-state index contributed by atoms with van der Waals surface area (Å²) in [6.07, 6.45) is 1.27. The van der Waals surface area contributed by atoms with Gasteiger partial charge in [0.25, 0.3) is 0 Å². The maximum Gasteiger partial charge on any atom is 0.138 e. The van der Waals surface area contributed by atoms with E-state index in [0.29, 0.717) is 34.8 Å². The maximum atomic E-state index is 9.98. The topological polar surface area (TPSA) is 52.9 Å². The number of hydrogen-bond donors (Lipinski definition) is 2. The third kappa shape index (κ3) is 5.64. The molecule has 2 unspecified atom stereocenters. The Morgan fingerprint density at radius 1 is 1.29 bits per heavy atom. The molecule has 0 aliphatic heterocycles. The first-order valence-electron chi connectivity index (χ1n) is 7.08. The van der Waals surface area contributed by atoms with Gasteiger partial charge in [0.05, 0.1) is 11.1 Å². The Morgan fingerprint density at radius 3 is 2.62 bits per heavy atom. The summed E-state index contributed by atoms with van der Waals surface area (Å²) in [4.78, 5) is 1.92. The van der Waals surface area contributed by atoms with Gasteiger partial charge in [0.1, 0.15) is 18.5 Å². The smallest absolute Gasteiger partial charge is 0.138 e. The predicted octanol–water partition coefficient (Wildman–Crippen LogP) is 2.44. The molecule has 1 aliphatic rings. The Labute approximate surface area is 135 Å². The molecule has 21 heavy (non-hydrogen) atoms. The molecular weight excluding hydrogens is 313 g/mol. The molecule has 118 valence electrons. The summed E-state index contributed by atoms with van der Waals surface area (Å²) in [5.41, 5.74) is 0. The average Bonchev–Trinajstić information content (AvgIpc) is 3.21. The van der Waals surface area contributed by atoms with Crippen LogP contribution in [0.25, 0.3) is 0 Å². The number of likely N-dealkylation sites (N-methyl/N-ethyl adjacent to an activating group) is 1. The first-order valence-corrected chi connectivity index (χ1v) is 7.84. The number of hydrogen-bond acceptors (Lipinski definition) is 4. The molecule has 0 spiro atoms. The highest BCUT2D eigenvalue weighted by Crippen LogP contribution is 2.32. The first kappa shape index (κ1) is 16.8. The quantitative estimate of drug-likeness (QED) is 0.767. The highest BCUT2D eigenvalue weighted by molar-refractivity contribution is 6.35. The minimum Gasteiger partial charge on any atom is -0.489 e. The van der Waals surface area contributed by atoms with Crippen LogP contribution in [0.4, 0.5) is 0 Å². The summed E-state index contributed by atoms with van der Waals surface area (Å²) in [5, 5.41) is 20.8. The molecule has 0 amide bonds. The van der Waals surface area contributed by atoms with Crippen LogP contribution in [0, 0.1) is 5.92 Å². The van der Waals surface area contributed by atoms with E-state index in [-0.39, 0.29) is 12.7 Å². The number of nitrogens with zero attached hydrogens (tertiary/aromatic N) is 1. The van der Waals surface area contributed by atoms with Crippen molar-refractivity contribution >= 4 is 23.2 Å². The molecule has 4 nitrogen and oxygen atoms in total. The number of halogens is 2. The Kier molecular flexibility index (Phi) is 6.14. The lowest BCUT2D eigenvalue weighted by Crippen LogP contribution is -2.38. The second-order valence-electron chi connectivity index (χ2n) is 5.67. The first-order chi connectivity index (χ1) is 9.95. The van der Waals surface area contributed by atoms with E-state index in [4.69, 9.17) is 27.9 Å². The average molecular weight is 334 g/mol. The fraction of sp³-hybridized carbons (Fsp3) is 0.600. The molecule has 1 aromatic rings. The van der Waals surface area contributed by atoms with Gasteiger partial charge in [-0.2, -0.15) is 0 Å². The zero-order chi connectivity index (χ0) is 15.4. The molecule has 6 heteroatoms. The molecule has 0 aromatic heterocycles. The van der Waals surface area contributed by atoms with Gasteiger partial charge in [0.2, 0.25) is 0 Å². The highest BCUT2D eigenvalue weighted by atomic mass is 35.5. The van der Waals surface area contributed by atoms with Gasteiger partial charge >= 0.3 is 0 Å². The Morgan fingerprint density at radius 2 is 2.00 bits per heavy atom. The summed E-state index contributed by atoms with van der Waals surface area (Å²) < 4.78 is 5.49. The van der Waals surface area contributed by atoms with Crippen LogP contribution in [0.5, 0.6) is 5.75 Å². The molecule has 1 saturated carbocycles. The molecule has 0 bridgehead atoms. The van der Waals surface area contributed by atoms with E-state index in [1.54, 1.807) is 18.2 Å².